The number of rotatable bonds is 6. The highest BCUT2D eigenvalue weighted by molar-refractivity contribution is 5.85. The molecule has 2 N–H and O–H groups in total. The Morgan fingerprint density at radius 2 is 1.89 bits per heavy atom. The second kappa shape index (κ2) is 5.72. The Hall–Kier alpha value is -1.06. The molecular formula is C14H23NO3. The molecule has 1 amide bonds. The number of carboxylic acid groups (broad SMARTS) is 1. The van der Waals surface area contributed by atoms with Gasteiger partial charge in [-0.05, 0) is 37.5 Å². The van der Waals surface area contributed by atoms with Crippen LogP contribution in [-0.2, 0) is 9.59 Å². The highest BCUT2D eigenvalue weighted by Gasteiger charge is 2.40. The molecule has 2 aliphatic carbocycles. The summed E-state index contributed by atoms with van der Waals surface area (Å²) in [7, 11) is 0. The molecule has 2 aliphatic rings. The summed E-state index contributed by atoms with van der Waals surface area (Å²) in [5, 5.41) is 12.0. The molecule has 1 unspecified atom stereocenters. The second-order valence-electron chi connectivity index (χ2n) is 6.00. The summed E-state index contributed by atoms with van der Waals surface area (Å²) in [6, 6.07) is 0. The van der Waals surface area contributed by atoms with Gasteiger partial charge in [-0.2, -0.15) is 0 Å². The van der Waals surface area contributed by atoms with Gasteiger partial charge in [0.05, 0.1) is 11.8 Å². The zero-order chi connectivity index (χ0) is 13.1. The van der Waals surface area contributed by atoms with Crippen molar-refractivity contribution in [2.24, 2.45) is 23.7 Å². The minimum atomic E-state index is -0.822. The molecule has 0 saturated heterocycles. The van der Waals surface area contributed by atoms with E-state index in [2.05, 4.69) is 5.32 Å². The number of aliphatic carboxylic acids is 1. The summed E-state index contributed by atoms with van der Waals surface area (Å²) in [4.78, 5) is 23.1. The van der Waals surface area contributed by atoms with Crippen LogP contribution in [0.1, 0.15) is 45.4 Å². The van der Waals surface area contributed by atoms with Crippen LogP contribution in [0.3, 0.4) is 0 Å². The molecule has 0 aromatic rings. The zero-order valence-electron chi connectivity index (χ0n) is 11.0. The average molecular weight is 253 g/mol. The molecule has 3 atom stereocenters. The predicted molar refractivity (Wildman–Crippen MR) is 68.0 cm³/mol. The Kier molecular flexibility index (Phi) is 4.25. The first-order valence-electron chi connectivity index (χ1n) is 7.08. The topological polar surface area (TPSA) is 66.4 Å². The maximum absolute atomic E-state index is 12.0. The number of carboxylic acids is 1. The fraction of sp³-hybridized carbons (Fsp3) is 0.857. The molecule has 0 spiro atoms. The van der Waals surface area contributed by atoms with Crippen molar-refractivity contribution >= 4 is 11.9 Å². The Bertz CT molecular complexity index is 325. The van der Waals surface area contributed by atoms with Crippen LogP contribution in [0.15, 0.2) is 0 Å². The van der Waals surface area contributed by atoms with E-state index in [0.717, 1.165) is 12.3 Å². The maximum Gasteiger partial charge on any atom is 0.307 e. The predicted octanol–water partition coefficient (Wildman–Crippen LogP) is 2.04. The first-order chi connectivity index (χ1) is 8.58. The SMILES string of the molecule is CC1C[C@H](C(=O)NCCCC2CC2)[C@H](C(=O)O)C1. The van der Waals surface area contributed by atoms with Crippen LogP contribution < -0.4 is 5.32 Å². The lowest BCUT2D eigenvalue weighted by Gasteiger charge is -2.15. The third-order valence-corrected chi connectivity index (χ3v) is 4.24. The largest absolute Gasteiger partial charge is 0.481 e. The number of hydrogen-bond donors (Lipinski definition) is 2. The van der Waals surface area contributed by atoms with Gasteiger partial charge in [0.1, 0.15) is 0 Å². The summed E-state index contributed by atoms with van der Waals surface area (Å²) >= 11 is 0. The molecule has 0 heterocycles. The number of amides is 1. The molecule has 2 rings (SSSR count). The van der Waals surface area contributed by atoms with Gasteiger partial charge < -0.3 is 10.4 Å². The van der Waals surface area contributed by atoms with Gasteiger partial charge in [0, 0.05) is 6.54 Å². The summed E-state index contributed by atoms with van der Waals surface area (Å²) < 4.78 is 0. The maximum atomic E-state index is 12.0. The average Bonchev–Trinajstić information content (AvgIpc) is 3.05. The van der Waals surface area contributed by atoms with Gasteiger partial charge in [-0.1, -0.05) is 19.8 Å². The Morgan fingerprint density at radius 1 is 1.22 bits per heavy atom. The van der Waals surface area contributed by atoms with Crippen molar-refractivity contribution in [2.45, 2.75) is 45.4 Å². The van der Waals surface area contributed by atoms with Crippen molar-refractivity contribution in [1.82, 2.24) is 5.32 Å². The van der Waals surface area contributed by atoms with Crippen molar-refractivity contribution in [3.8, 4) is 0 Å². The van der Waals surface area contributed by atoms with E-state index in [1.54, 1.807) is 0 Å². The smallest absolute Gasteiger partial charge is 0.307 e. The van der Waals surface area contributed by atoms with Gasteiger partial charge >= 0.3 is 5.97 Å². The lowest BCUT2D eigenvalue weighted by Crippen LogP contribution is -2.35. The molecule has 102 valence electrons. The summed E-state index contributed by atoms with van der Waals surface area (Å²) in [6.07, 6.45) is 6.26. The molecule has 0 aromatic heterocycles. The fourth-order valence-electron chi connectivity index (χ4n) is 2.99. The van der Waals surface area contributed by atoms with Crippen LogP contribution in [0.25, 0.3) is 0 Å². The van der Waals surface area contributed by atoms with Crippen LogP contribution >= 0.6 is 0 Å². The third kappa shape index (κ3) is 3.47. The van der Waals surface area contributed by atoms with Crippen LogP contribution in [0.4, 0.5) is 0 Å². The third-order valence-electron chi connectivity index (χ3n) is 4.24. The van der Waals surface area contributed by atoms with Crippen molar-refractivity contribution in [1.29, 1.82) is 0 Å². The van der Waals surface area contributed by atoms with E-state index in [4.69, 9.17) is 5.11 Å². The minimum absolute atomic E-state index is 0.0532. The first kappa shape index (κ1) is 13.4. The van der Waals surface area contributed by atoms with E-state index in [0.29, 0.717) is 25.3 Å². The van der Waals surface area contributed by atoms with Crippen molar-refractivity contribution < 1.29 is 14.7 Å². The highest BCUT2D eigenvalue weighted by Crippen LogP contribution is 2.36. The van der Waals surface area contributed by atoms with E-state index >= 15 is 0 Å². The van der Waals surface area contributed by atoms with Gasteiger partial charge in [0.15, 0.2) is 0 Å². The van der Waals surface area contributed by atoms with Crippen molar-refractivity contribution in [2.75, 3.05) is 6.54 Å². The lowest BCUT2D eigenvalue weighted by atomic mass is 9.95. The first-order valence-corrected chi connectivity index (χ1v) is 7.08. The van der Waals surface area contributed by atoms with Gasteiger partial charge in [-0.15, -0.1) is 0 Å². The monoisotopic (exact) mass is 253 g/mol. The Labute approximate surface area is 108 Å². The summed E-state index contributed by atoms with van der Waals surface area (Å²) in [6.45, 7) is 2.73. The molecule has 4 nitrogen and oxygen atoms in total. The molecule has 0 radical (unpaired) electrons. The van der Waals surface area contributed by atoms with Crippen molar-refractivity contribution in [3.63, 3.8) is 0 Å². The second-order valence-corrected chi connectivity index (χ2v) is 6.00. The summed E-state index contributed by atoms with van der Waals surface area (Å²) in [5.74, 6) is -0.449. The van der Waals surface area contributed by atoms with Crippen molar-refractivity contribution in [3.05, 3.63) is 0 Å². The number of hydrogen-bond acceptors (Lipinski definition) is 2. The Morgan fingerprint density at radius 3 is 2.50 bits per heavy atom. The van der Waals surface area contributed by atoms with E-state index in [1.807, 2.05) is 6.92 Å². The molecule has 18 heavy (non-hydrogen) atoms. The number of carbonyl (C=O) groups is 2. The van der Waals surface area contributed by atoms with Crippen LogP contribution in [0, 0.1) is 23.7 Å². The van der Waals surface area contributed by atoms with Gasteiger partial charge in [-0.25, -0.2) is 0 Å². The molecule has 0 aliphatic heterocycles. The normalized spacial score (nSPS) is 31.3. The van der Waals surface area contributed by atoms with E-state index in [9.17, 15) is 9.59 Å². The molecular weight excluding hydrogens is 230 g/mol. The number of nitrogens with one attached hydrogen (secondary N) is 1. The molecule has 4 heteroatoms. The van der Waals surface area contributed by atoms with E-state index < -0.39 is 11.9 Å². The standard InChI is InChI=1S/C14H23NO3/c1-9-7-11(12(8-9)14(17)18)13(16)15-6-2-3-10-4-5-10/h9-12H,2-8H2,1H3,(H,15,16)(H,17,18)/t9?,11-,12+/m0/s1. The minimum Gasteiger partial charge on any atom is -0.481 e. The van der Waals surface area contributed by atoms with Crippen LogP contribution in [0.2, 0.25) is 0 Å². The van der Waals surface area contributed by atoms with Crippen LogP contribution in [-0.4, -0.2) is 23.5 Å². The molecule has 0 aromatic carbocycles. The van der Waals surface area contributed by atoms with E-state index in [1.165, 1.54) is 19.3 Å². The molecule has 2 fully saturated rings. The lowest BCUT2D eigenvalue weighted by molar-refractivity contribution is -0.146. The number of carbonyl (C=O) groups excluding carboxylic acids is 1. The fourth-order valence-corrected chi connectivity index (χ4v) is 2.99. The van der Waals surface area contributed by atoms with Gasteiger partial charge in [-0.3, -0.25) is 9.59 Å². The van der Waals surface area contributed by atoms with Crippen LogP contribution in [0.5, 0.6) is 0 Å². The molecule has 2 saturated carbocycles. The highest BCUT2D eigenvalue weighted by atomic mass is 16.4. The van der Waals surface area contributed by atoms with E-state index in [-0.39, 0.29) is 11.8 Å². The zero-order valence-corrected chi connectivity index (χ0v) is 11.0. The molecule has 0 bridgehead atoms. The Balaban J connectivity index is 1.73. The summed E-state index contributed by atoms with van der Waals surface area (Å²) in [5.41, 5.74) is 0. The van der Waals surface area contributed by atoms with Gasteiger partial charge in [0.2, 0.25) is 5.91 Å². The quantitative estimate of drug-likeness (QED) is 0.712. The van der Waals surface area contributed by atoms with Gasteiger partial charge in [0.25, 0.3) is 0 Å².